The molecule has 0 atom stereocenters. The van der Waals surface area contributed by atoms with Crippen LogP contribution in [0.2, 0.25) is 5.02 Å². The van der Waals surface area contributed by atoms with Crippen LogP contribution in [0.15, 0.2) is 30.3 Å². The zero-order chi connectivity index (χ0) is 16.8. The van der Waals surface area contributed by atoms with E-state index in [4.69, 9.17) is 11.6 Å². The van der Waals surface area contributed by atoms with Crippen molar-refractivity contribution in [1.82, 2.24) is 5.32 Å². The van der Waals surface area contributed by atoms with E-state index in [1.54, 1.807) is 12.2 Å². The van der Waals surface area contributed by atoms with E-state index in [1.165, 1.54) is 51.4 Å². The fourth-order valence-electron chi connectivity index (χ4n) is 2.48. The largest absolute Gasteiger partial charge is 0.353 e. The Morgan fingerprint density at radius 1 is 1.00 bits per heavy atom. The van der Waals surface area contributed by atoms with Crippen LogP contribution >= 0.6 is 11.6 Å². The van der Waals surface area contributed by atoms with Gasteiger partial charge in [0.2, 0.25) is 5.91 Å². The minimum absolute atomic E-state index is 0.0514. The van der Waals surface area contributed by atoms with Gasteiger partial charge < -0.3 is 5.32 Å². The summed E-state index contributed by atoms with van der Waals surface area (Å²) in [4.78, 5) is 11.7. The van der Waals surface area contributed by atoms with Crippen LogP contribution in [0.25, 0.3) is 6.08 Å². The first-order valence-corrected chi connectivity index (χ1v) is 9.32. The Kier molecular flexibility index (Phi) is 11.3. The van der Waals surface area contributed by atoms with Gasteiger partial charge in [-0.15, -0.1) is 0 Å². The van der Waals surface area contributed by atoms with Gasteiger partial charge in [0.1, 0.15) is 0 Å². The monoisotopic (exact) mass is 335 g/mol. The molecule has 0 aliphatic rings. The Balaban J connectivity index is 2.01. The molecule has 1 N–H and O–H groups in total. The standard InChI is InChI=1S/C20H30ClNO/c1-2-3-4-5-6-7-8-9-12-17-22-20(23)16-15-18-13-10-11-14-19(18)21/h10-11,13-16H,2-9,12,17H2,1H3,(H,22,23)/b16-15+. The van der Waals surface area contributed by atoms with Crippen molar-refractivity contribution in [3.8, 4) is 0 Å². The van der Waals surface area contributed by atoms with Gasteiger partial charge in [-0.25, -0.2) is 0 Å². The third kappa shape index (κ3) is 10.2. The highest BCUT2D eigenvalue weighted by Gasteiger charge is 1.97. The minimum atomic E-state index is -0.0514. The number of carbonyl (C=O) groups excluding carboxylic acids is 1. The molecule has 1 rings (SSSR count). The molecule has 0 fully saturated rings. The van der Waals surface area contributed by atoms with E-state index >= 15 is 0 Å². The summed E-state index contributed by atoms with van der Waals surface area (Å²) in [5.41, 5.74) is 0.868. The molecule has 2 nitrogen and oxygen atoms in total. The summed E-state index contributed by atoms with van der Waals surface area (Å²) < 4.78 is 0. The summed E-state index contributed by atoms with van der Waals surface area (Å²) >= 11 is 6.04. The van der Waals surface area contributed by atoms with Crippen molar-refractivity contribution in [3.05, 3.63) is 40.9 Å². The second-order valence-electron chi connectivity index (χ2n) is 5.97. The molecule has 0 saturated heterocycles. The van der Waals surface area contributed by atoms with Crippen molar-refractivity contribution in [3.63, 3.8) is 0 Å². The predicted octanol–water partition coefficient (Wildman–Crippen LogP) is 6.00. The molecule has 128 valence electrons. The number of benzene rings is 1. The van der Waals surface area contributed by atoms with Gasteiger partial charge in [0, 0.05) is 17.6 Å². The highest BCUT2D eigenvalue weighted by atomic mass is 35.5. The first-order valence-electron chi connectivity index (χ1n) is 8.94. The number of nitrogens with one attached hydrogen (secondary N) is 1. The molecule has 0 aliphatic carbocycles. The van der Waals surface area contributed by atoms with Crippen molar-refractivity contribution in [1.29, 1.82) is 0 Å². The third-order valence-corrected chi connectivity index (χ3v) is 4.24. The molecule has 0 aromatic heterocycles. The lowest BCUT2D eigenvalue weighted by Gasteiger charge is -2.03. The van der Waals surface area contributed by atoms with E-state index in [9.17, 15) is 4.79 Å². The molecule has 1 aromatic rings. The molecule has 3 heteroatoms. The third-order valence-electron chi connectivity index (χ3n) is 3.90. The van der Waals surface area contributed by atoms with E-state index < -0.39 is 0 Å². The zero-order valence-electron chi connectivity index (χ0n) is 14.3. The fourth-order valence-corrected chi connectivity index (χ4v) is 2.68. The van der Waals surface area contributed by atoms with Crippen LogP contribution in [0.5, 0.6) is 0 Å². The maximum Gasteiger partial charge on any atom is 0.243 e. The maximum atomic E-state index is 11.7. The van der Waals surface area contributed by atoms with Crippen molar-refractivity contribution < 1.29 is 4.79 Å². The quantitative estimate of drug-likeness (QED) is 0.368. The number of unbranched alkanes of at least 4 members (excludes halogenated alkanes) is 8. The summed E-state index contributed by atoms with van der Waals surface area (Å²) in [6.07, 6.45) is 14.9. The van der Waals surface area contributed by atoms with Crippen LogP contribution in [0.4, 0.5) is 0 Å². The van der Waals surface area contributed by atoms with Gasteiger partial charge in [-0.3, -0.25) is 4.79 Å². The van der Waals surface area contributed by atoms with Crippen LogP contribution in [-0.2, 0) is 4.79 Å². The second kappa shape index (κ2) is 13.2. The molecule has 1 aromatic carbocycles. The number of hydrogen-bond acceptors (Lipinski definition) is 1. The van der Waals surface area contributed by atoms with Gasteiger partial charge in [-0.05, 0) is 24.1 Å². The molecule has 1 amide bonds. The van der Waals surface area contributed by atoms with Crippen molar-refractivity contribution in [2.24, 2.45) is 0 Å². The van der Waals surface area contributed by atoms with Gasteiger partial charge >= 0.3 is 0 Å². The normalized spacial score (nSPS) is 11.0. The Morgan fingerprint density at radius 2 is 1.61 bits per heavy atom. The van der Waals surface area contributed by atoms with E-state index in [-0.39, 0.29) is 5.91 Å². The molecular weight excluding hydrogens is 306 g/mol. The first-order chi connectivity index (χ1) is 11.2. The average molecular weight is 336 g/mol. The lowest BCUT2D eigenvalue weighted by atomic mass is 10.1. The number of halogens is 1. The first kappa shape index (κ1) is 19.8. The maximum absolute atomic E-state index is 11.7. The summed E-state index contributed by atoms with van der Waals surface area (Å²) in [5, 5.41) is 3.58. The SMILES string of the molecule is CCCCCCCCCCCNC(=O)/C=C/c1ccccc1Cl. The second-order valence-corrected chi connectivity index (χ2v) is 6.38. The molecular formula is C20H30ClNO. The topological polar surface area (TPSA) is 29.1 Å². The van der Waals surface area contributed by atoms with Gasteiger partial charge in [-0.1, -0.05) is 88.1 Å². The number of amides is 1. The smallest absolute Gasteiger partial charge is 0.243 e. The molecule has 0 saturated carbocycles. The van der Waals surface area contributed by atoms with Gasteiger partial charge in [0.05, 0.1) is 0 Å². The fraction of sp³-hybridized carbons (Fsp3) is 0.550. The van der Waals surface area contributed by atoms with Crippen molar-refractivity contribution >= 4 is 23.6 Å². The van der Waals surface area contributed by atoms with E-state index in [1.807, 2.05) is 24.3 Å². The Bertz CT molecular complexity index is 470. The molecule has 0 unspecified atom stereocenters. The Morgan fingerprint density at radius 3 is 2.26 bits per heavy atom. The van der Waals surface area contributed by atoms with Crippen LogP contribution in [0.3, 0.4) is 0 Å². The summed E-state index contributed by atoms with van der Waals surface area (Å²) in [6.45, 7) is 3.00. The van der Waals surface area contributed by atoms with E-state index in [2.05, 4.69) is 12.2 Å². The van der Waals surface area contributed by atoms with Crippen LogP contribution in [0, 0.1) is 0 Å². The van der Waals surface area contributed by atoms with Gasteiger partial charge in [0.25, 0.3) is 0 Å². The molecule has 0 spiro atoms. The van der Waals surface area contributed by atoms with Crippen molar-refractivity contribution in [2.75, 3.05) is 6.54 Å². The summed E-state index contributed by atoms with van der Waals surface area (Å²) in [6, 6.07) is 7.50. The van der Waals surface area contributed by atoms with Crippen molar-refractivity contribution in [2.45, 2.75) is 64.7 Å². The number of rotatable bonds is 12. The lowest BCUT2D eigenvalue weighted by Crippen LogP contribution is -2.21. The summed E-state index contributed by atoms with van der Waals surface area (Å²) in [7, 11) is 0. The highest BCUT2D eigenvalue weighted by Crippen LogP contribution is 2.16. The summed E-state index contributed by atoms with van der Waals surface area (Å²) in [5.74, 6) is -0.0514. The van der Waals surface area contributed by atoms with E-state index in [0.717, 1.165) is 18.5 Å². The van der Waals surface area contributed by atoms with Gasteiger partial charge in [0.15, 0.2) is 0 Å². The molecule has 0 radical (unpaired) electrons. The van der Waals surface area contributed by atoms with Crippen LogP contribution in [0.1, 0.15) is 70.3 Å². The predicted molar refractivity (Wildman–Crippen MR) is 101 cm³/mol. The molecule has 0 heterocycles. The number of hydrogen-bond donors (Lipinski definition) is 1. The van der Waals surface area contributed by atoms with Gasteiger partial charge in [-0.2, -0.15) is 0 Å². The van der Waals surface area contributed by atoms with Crippen LogP contribution in [-0.4, -0.2) is 12.5 Å². The Labute approximate surface area is 146 Å². The van der Waals surface area contributed by atoms with E-state index in [0.29, 0.717) is 5.02 Å². The molecule has 0 aliphatic heterocycles. The molecule has 23 heavy (non-hydrogen) atoms. The lowest BCUT2D eigenvalue weighted by molar-refractivity contribution is -0.116. The minimum Gasteiger partial charge on any atom is -0.353 e. The Hall–Kier alpha value is -1.28. The van der Waals surface area contributed by atoms with Crippen LogP contribution < -0.4 is 5.32 Å². The zero-order valence-corrected chi connectivity index (χ0v) is 15.1. The average Bonchev–Trinajstić information content (AvgIpc) is 2.56. The molecule has 0 bridgehead atoms. The highest BCUT2D eigenvalue weighted by molar-refractivity contribution is 6.32. The number of carbonyl (C=O) groups is 1.